The topological polar surface area (TPSA) is 55.4 Å². The summed E-state index contributed by atoms with van der Waals surface area (Å²) in [6, 6.07) is 11.8. The summed E-state index contributed by atoms with van der Waals surface area (Å²) in [6.45, 7) is 6.50. The van der Waals surface area contributed by atoms with E-state index in [0.717, 1.165) is 24.0 Å². The van der Waals surface area contributed by atoms with Gasteiger partial charge < -0.3 is 4.74 Å². The van der Waals surface area contributed by atoms with Gasteiger partial charge in [-0.15, -0.1) is 0 Å². The number of benzene rings is 2. The Kier molecular flexibility index (Phi) is 5.08. The van der Waals surface area contributed by atoms with E-state index in [1.54, 1.807) is 24.3 Å². The molecular formula is C21H26FNO3S. The Labute approximate surface area is 160 Å². The first kappa shape index (κ1) is 19.8. The molecule has 0 atom stereocenters. The van der Waals surface area contributed by atoms with Gasteiger partial charge in [-0.25, -0.2) is 17.5 Å². The van der Waals surface area contributed by atoms with Crippen LogP contribution in [0.25, 0.3) is 0 Å². The van der Waals surface area contributed by atoms with E-state index >= 15 is 0 Å². The Balaban J connectivity index is 1.74. The highest BCUT2D eigenvalue weighted by Crippen LogP contribution is 2.48. The summed E-state index contributed by atoms with van der Waals surface area (Å²) in [6.07, 6.45) is 1.65. The lowest BCUT2D eigenvalue weighted by Gasteiger charge is -2.20. The average molecular weight is 392 g/mol. The smallest absolute Gasteiger partial charge is 0.240 e. The second-order valence-electron chi connectivity index (χ2n) is 8.23. The minimum absolute atomic E-state index is 0.0355. The number of ether oxygens (including phenoxy) is 1. The van der Waals surface area contributed by atoms with Crippen molar-refractivity contribution in [1.82, 2.24) is 4.72 Å². The van der Waals surface area contributed by atoms with Crippen molar-refractivity contribution in [1.29, 1.82) is 0 Å². The van der Waals surface area contributed by atoms with Crippen molar-refractivity contribution in [2.24, 2.45) is 0 Å². The molecule has 0 spiro atoms. The second kappa shape index (κ2) is 6.91. The summed E-state index contributed by atoms with van der Waals surface area (Å²) in [7, 11) is -2.19. The third-order valence-electron chi connectivity index (χ3n) is 5.25. The van der Waals surface area contributed by atoms with Gasteiger partial charge in [0.2, 0.25) is 10.0 Å². The molecule has 2 aromatic rings. The number of halogens is 1. The molecule has 0 heterocycles. The molecule has 1 saturated carbocycles. The monoisotopic (exact) mass is 391 g/mol. The number of rotatable bonds is 6. The summed E-state index contributed by atoms with van der Waals surface area (Å²) < 4.78 is 47.0. The lowest BCUT2D eigenvalue weighted by atomic mass is 9.87. The van der Waals surface area contributed by atoms with Crippen molar-refractivity contribution in [3.63, 3.8) is 0 Å². The Bertz CT molecular complexity index is 927. The van der Waals surface area contributed by atoms with Gasteiger partial charge in [0.05, 0.1) is 12.0 Å². The van der Waals surface area contributed by atoms with Crippen LogP contribution in [0.3, 0.4) is 0 Å². The Morgan fingerprint density at radius 3 is 2.22 bits per heavy atom. The molecule has 146 valence electrons. The Hall–Kier alpha value is -1.92. The van der Waals surface area contributed by atoms with Crippen LogP contribution in [0.4, 0.5) is 4.39 Å². The number of sulfonamides is 1. The first-order valence-corrected chi connectivity index (χ1v) is 10.5. The second-order valence-corrected chi connectivity index (χ2v) is 10.00. The molecular weight excluding hydrogens is 365 g/mol. The molecule has 0 radical (unpaired) electrons. The fourth-order valence-corrected chi connectivity index (χ4v) is 4.29. The Morgan fingerprint density at radius 1 is 1.11 bits per heavy atom. The Morgan fingerprint density at radius 2 is 1.74 bits per heavy atom. The van der Waals surface area contributed by atoms with E-state index in [-0.39, 0.29) is 28.0 Å². The van der Waals surface area contributed by atoms with Gasteiger partial charge in [0.1, 0.15) is 0 Å². The summed E-state index contributed by atoms with van der Waals surface area (Å²) in [5.41, 5.74) is 1.50. The van der Waals surface area contributed by atoms with E-state index in [2.05, 4.69) is 25.5 Å². The molecule has 27 heavy (non-hydrogen) atoms. The third kappa shape index (κ3) is 4.17. The van der Waals surface area contributed by atoms with Gasteiger partial charge in [-0.2, -0.15) is 0 Å². The zero-order valence-corrected chi connectivity index (χ0v) is 17.0. The largest absolute Gasteiger partial charge is 0.494 e. The van der Waals surface area contributed by atoms with Crippen LogP contribution >= 0.6 is 0 Å². The van der Waals surface area contributed by atoms with Gasteiger partial charge in [0.15, 0.2) is 11.6 Å². The van der Waals surface area contributed by atoms with Crippen LogP contribution in [0.1, 0.15) is 44.7 Å². The molecule has 0 aromatic heterocycles. The standard InChI is InChI=1S/C21H26FNO3S/c1-20(2,3)15-5-8-17(9-6-15)27(24,25)23-14-21(11-12-21)16-7-10-19(26-4)18(22)13-16/h5-10,13,23H,11-12,14H2,1-4H3. The van der Waals surface area contributed by atoms with Crippen LogP contribution in [-0.4, -0.2) is 22.1 Å². The maximum atomic E-state index is 14.0. The molecule has 6 heteroatoms. The normalized spacial score (nSPS) is 16.2. The van der Waals surface area contributed by atoms with E-state index in [4.69, 9.17) is 4.74 Å². The van der Waals surface area contributed by atoms with Crippen LogP contribution in [0.2, 0.25) is 0 Å². The fraction of sp³-hybridized carbons (Fsp3) is 0.429. The van der Waals surface area contributed by atoms with E-state index < -0.39 is 15.8 Å². The summed E-state index contributed by atoms with van der Waals surface area (Å²) in [5.74, 6) is -0.240. The van der Waals surface area contributed by atoms with Gasteiger partial charge in [0.25, 0.3) is 0 Å². The number of nitrogens with one attached hydrogen (secondary N) is 1. The molecule has 3 rings (SSSR count). The SMILES string of the molecule is COc1ccc(C2(CNS(=O)(=O)c3ccc(C(C)(C)C)cc3)CC2)cc1F. The van der Waals surface area contributed by atoms with Crippen molar-refractivity contribution >= 4 is 10.0 Å². The molecule has 0 aliphatic heterocycles. The lowest BCUT2D eigenvalue weighted by molar-refractivity contribution is 0.385. The maximum absolute atomic E-state index is 14.0. The molecule has 0 unspecified atom stereocenters. The molecule has 0 bridgehead atoms. The van der Waals surface area contributed by atoms with E-state index in [9.17, 15) is 12.8 Å². The van der Waals surface area contributed by atoms with E-state index in [0.29, 0.717) is 0 Å². The van der Waals surface area contributed by atoms with Crippen LogP contribution in [0.5, 0.6) is 5.75 Å². The van der Waals surface area contributed by atoms with Crippen molar-refractivity contribution < 1.29 is 17.5 Å². The molecule has 4 nitrogen and oxygen atoms in total. The van der Waals surface area contributed by atoms with Gasteiger partial charge in [-0.3, -0.25) is 0 Å². The summed E-state index contributed by atoms with van der Waals surface area (Å²) in [5, 5.41) is 0. The molecule has 1 N–H and O–H groups in total. The van der Waals surface area contributed by atoms with Crippen LogP contribution in [0, 0.1) is 5.82 Å². The summed E-state index contributed by atoms with van der Waals surface area (Å²) >= 11 is 0. The molecule has 1 fully saturated rings. The van der Waals surface area contributed by atoms with Gasteiger partial charge in [-0.1, -0.05) is 39.0 Å². The molecule has 0 saturated heterocycles. The predicted octanol–water partition coefficient (Wildman–Crippen LogP) is 4.14. The number of hydrogen-bond donors (Lipinski definition) is 1. The third-order valence-corrected chi connectivity index (χ3v) is 6.67. The van der Waals surface area contributed by atoms with E-state index in [1.165, 1.54) is 13.2 Å². The minimum Gasteiger partial charge on any atom is -0.494 e. The van der Waals surface area contributed by atoms with Crippen molar-refractivity contribution in [2.45, 2.75) is 49.3 Å². The van der Waals surface area contributed by atoms with Gasteiger partial charge in [-0.05, 0) is 53.6 Å². The quantitative estimate of drug-likeness (QED) is 0.805. The summed E-state index contributed by atoms with van der Waals surface area (Å²) in [4.78, 5) is 0.243. The highest BCUT2D eigenvalue weighted by molar-refractivity contribution is 7.89. The first-order chi connectivity index (χ1) is 12.6. The molecule has 2 aromatic carbocycles. The number of hydrogen-bond acceptors (Lipinski definition) is 3. The lowest BCUT2D eigenvalue weighted by Crippen LogP contribution is -2.32. The van der Waals surface area contributed by atoms with Gasteiger partial charge >= 0.3 is 0 Å². The fourth-order valence-electron chi connectivity index (χ4n) is 3.17. The average Bonchev–Trinajstić information content (AvgIpc) is 3.41. The van der Waals surface area contributed by atoms with Crippen molar-refractivity contribution in [3.8, 4) is 5.75 Å². The first-order valence-electron chi connectivity index (χ1n) is 9.02. The maximum Gasteiger partial charge on any atom is 0.240 e. The zero-order valence-electron chi connectivity index (χ0n) is 16.2. The number of methoxy groups -OCH3 is 1. The predicted molar refractivity (Wildman–Crippen MR) is 104 cm³/mol. The van der Waals surface area contributed by atoms with Crippen LogP contribution in [0.15, 0.2) is 47.4 Å². The molecule has 0 amide bonds. The van der Waals surface area contributed by atoms with E-state index in [1.807, 2.05) is 12.1 Å². The highest BCUT2D eigenvalue weighted by Gasteiger charge is 2.45. The molecule has 1 aliphatic carbocycles. The van der Waals surface area contributed by atoms with Gasteiger partial charge in [0, 0.05) is 12.0 Å². The zero-order chi connectivity index (χ0) is 19.9. The minimum atomic E-state index is -3.62. The van der Waals surface area contributed by atoms with Crippen molar-refractivity contribution in [3.05, 3.63) is 59.4 Å². The van der Waals surface area contributed by atoms with Crippen LogP contribution < -0.4 is 9.46 Å². The van der Waals surface area contributed by atoms with Crippen LogP contribution in [-0.2, 0) is 20.9 Å². The molecule has 1 aliphatic rings. The van der Waals surface area contributed by atoms with Crippen molar-refractivity contribution in [2.75, 3.05) is 13.7 Å². The highest BCUT2D eigenvalue weighted by atomic mass is 32.2.